The minimum Gasteiger partial charge on any atom is -0.462 e. The van der Waals surface area contributed by atoms with Crippen molar-refractivity contribution < 1.29 is 13.2 Å². The van der Waals surface area contributed by atoms with Crippen LogP contribution >= 0.6 is 0 Å². The highest BCUT2D eigenvalue weighted by Gasteiger charge is 2.24. The number of piperazine rings is 1. The zero-order valence-electron chi connectivity index (χ0n) is 10.0. The second-order valence-electron chi connectivity index (χ2n) is 4.66. The van der Waals surface area contributed by atoms with Crippen LogP contribution in [-0.4, -0.2) is 25.7 Å². The Morgan fingerprint density at radius 2 is 2.28 bits per heavy atom. The van der Waals surface area contributed by atoms with Gasteiger partial charge in [-0.1, -0.05) is 0 Å². The molecule has 5 heteroatoms. The third-order valence-corrected chi connectivity index (χ3v) is 3.30. The van der Waals surface area contributed by atoms with Gasteiger partial charge in [0.2, 0.25) is 0 Å². The number of hydrogen-bond acceptors (Lipinski definition) is 3. The van der Waals surface area contributed by atoms with Crippen LogP contribution in [0.2, 0.25) is 0 Å². The van der Waals surface area contributed by atoms with Crippen molar-refractivity contribution in [3.8, 4) is 0 Å². The molecule has 2 aromatic rings. The summed E-state index contributed by atoms with van der Waals surface area (Å²) in [5, 5.41) is 3.86. The summed E-state index contributed by atoms with van der Waals surface area (Å²) >= 11 is 0. The number of nitrogens with zero attached hydrogens (tertiary/aromatic N) is 1. The van der Waals surface area contributed by atoms with Gasteiger partial charge in [-0.25, -0.2) is 8.78 Å². The molecule has 3 rings (SSSR count). The fraction of sp³-hybridized carbons (Fsp3) is 0.385. The fourth-order valence-electron chi connectivity index (χ4n) is 2.46. The van der Waals surface area contributed by atoms with Gasteiger partial charge in [0.05, 0.1) is 6.26 Å². The van der Waals surface area contributed by atoms with Crippen LogP contribution in [0.3, 0.4) is 0 Å². The molecule has 1 aliphatic rings. The Kier molecular flexibility index (Phi) is 2.70. The minimum absolute atomic E-state index is 0.239. The molecule has 0 unspecified atom stereocenters. The summed E-state index contributed by atoms with van der Waals surface area (Å²) in [4.78, 5) is 1.84. The van der Waals surface area contributed by atoms with Gasteiger partial charge in [-0.3, -0.25) is 0 Å². The molecule has 1 aromatic heterocycles. The number of benzene rings is 1. The number of halogens is 2. The van der Waals surface area contributed by atoms with Crippen LogP contribution in [0.15, 0.2) is 22.8 Å². The highest BCUT2D eigenvalue weighted by atomic mass is 19.2. The van der Waals surface area contributed by atoms with E-state index >= 15 is 0 Å². The molecule has 0 amide bonds. The number of rotatable bonds is 1. The normalized spacial score (nSPS) is 20.6. The third kappa shape index (κ3) is 1.75. The molecule has 0 spiro atoms. The third-order valence-electron chi connectivity index (χ3n) is 3.30. The molecule has 1 saturated heterocycles. The number of fused-ring (bicyclic) bond motifs is 1. The molecule has 0 bridgehead atoms. The van der Waals surface area contributed by atoms with Gasteiger partial charge in [-0.15, -0.1) is 0 Å². The smallest absolute Gasteiger partial charge is 0.185 e. The minimum atomic E-state index is -0.829. The van der Waals surface area contributed by atoms with E-state index in [2.05, 4.69) is 5.32 Å². The van der Waals surface area contributed by atoms with Crippen molar-refractivity contribution in [2.24, 2.45) is 0 Å². The van der Waals surface area contributed by atoms with Gasteiger partial charge in [0.15, 0.2) is 17.2 Å². The summed E-state index contributed by atoms with van der Waals surface area (Å²) in [6.07, 6.45) is 1.46. The van der Waals surface area contributed by atoms with Crippen molar-refractivity contribution in [2.45, 2.75) is 13.0 Å². The maximum atomic E-state index is 14.0. The Balaban J connectivity index is 2.14. The van der Waals surface area contributed by atoms with Gasteiger partial charge >= 0.3 is 0 Å². The molecule has 96 valence electrons. The second-order valence-corrected chi connectivity index (χ2v) is 4.66. The standard InChI is InChI=1S/C13H14F2N2O/c1-8-7-17(4-3-16-8)12-11(15)10(14)6-9-2-5-18-13(9)12/h2,5-6,8,16H,3-4,7H2,1H3/t8-/m1/s1. The first kappa shape index (κ1) is 11.5. The van der Waals surface area contributed by atoms with Crippen molar-refractivity contribution in [3.63, 3.8) is 0 Å². The molecule has 0 saturated carbocycles. The molecule has 0 radical (unpaired) electrons. The van der Waals surface area contributed by atoms with Gasteiger partial charge in [-0.2, -0.15) is 0 Å². The molecule has 18 heavy (non-hydrogen) atoms. The van der Waals surface area contributed by atoms with E-state index in [1.54, 1.807) is 6.07 Å². The quantitative estimate of drug-likeness (QED) is 0.845. The molecular formula is C13H14F2N2O. The number of anilines is 1. The maximum absolute atomic E-state index is 14.0. The number of furan rings is 1. The predicted molar refractivity (Wildman–Crippen MR) is 65.8 cm³/mol. The van der Waals surface area contributed by atoms with Crippen LogP contribution in [0, 0.1) is 11.6 Å². The van der Waals surface area contributed by atoms with E-state index in [1.807, 2.05) is 11.8 Å². The lowest BCUT2D eigenvalue weighted by atomic mass is 10.1. The zero-order chi connectivity index (χ0) is 12.7. The van der Waals surface area contributed by atoms with Crippen LogP contribution in [0.4, 0.5) is 14.5 Å². The van der Waals surface area contributed by atoms with Crippen LogP contribution in [0.1, 0.15) is 6.92 Å². The summed E-state index contributed by atoms with van der Waals surface area (Å²) in [7, 11) is 0. The zero-order valence-corrected chi connectivity index (χ0v) is 10.0. The van der Waals surface area contributed by atoms with Crippen molar-refractivity contribution >= 4 is 16.7 Å². The molecule has 2 heterocycles. The monoisotopic (exact) mass is 252 g/mol. The SMILES string of the molecule is C[C@@H]1CN(c2c(F)c(F)cc3ccoc23)CCN1. The van der Waals surface area contributed by atoms with Crippen molar-refractivity contribution in [2.75, 3.05) is 24.5 Å². The predicted octanol–water partition coefficient (Wildman–Crippen LogP) is 2.51. The summed E-state index contributed by atoms with van der Waals surface area (Å²) < 4.78 is 32.9. The van der Waals surface area contributed by atoms with E-state index < -0.39 is 11.6 Å². The summed E-state index contributed by atoms with van der Waals surface area (Å²) in [5.41, 5.74) is 0.659. The molecule has 1 atom stereocenters. The first-order valence-corrected chi connectivity index (χ1v) is 6.00. The second kappa shape index (κ2) is 4.24. The van der Waals surface area contributed by atoms with Crippen LogP contribution in [0.25, 0.3) is 11.0 Å². The molecule has 1 aliphatic heterocycles. The topological polar surface area (TPSA) is 28.4 Å². The lowest BCUT2D eigenvalue weighted by Crippen LogP contribution is -2.49. The van der Waals surface area contributed by atoms with Gasteiger partial charge in [0.1, 0.15) is 5.69 Å². The maximum Gasteiger partial charge on any atom is 0.185 e. The summed E-state index contributed by atoms with van der Waals surface area (Å²) in [6.45, 7) is 4.04. The van der Waals surface area contributed by atoms with Gasteiger partial charge in [-0.05, 0) is 19.1 Å². The van der Waals surface area contributed by atoms with Crippen LogP contribution in [-0.2, 0) is 0 Å². The number of nitrogens with one attached hydrogen (secondary N) is 1. The lowest BCUT2D eigenvalue weighted by molar-refractivity contribution is 0.465. The molecule has 3 nitrogen and oxygen atoms in total. The Morgan fingerprint density at radius 1 is 1.44 bits per heavy atom. The van der Waals surface area contributed by atoms with Crippen molar-refractivity contribution in [3.05, 3.63) is 30.0 Å². The van der Waals surface area contributed by atoms with E-state index in [0.29, 0.717) is 24.1 Å². The fourth-order valence-corrected chi connectivity index (χ4v) is 2.46. The average molecular weight is 252 g/mol. The molecule has 1 N–H and O–H groups in total. The molecule has 1 aromatic carbocycles. The van der Waals surface area contributed by atoms with E-state index in [4.69, 9.17) is 4.42 Å². The van der Waals surface area contributed by atoms with Crippen LogP contribution < -0.4 is 10.2 Å². The Bertz CT molecular complexity index is 582. The molecule has 0 aliphatic carbocycles. The first-order chi connectivity index (χ1) is 8.66. The van der Waals surface area contributed by atoms with E-state index in [1.165, 1.54) is 12.3 Å². The molecular weight excluding hydrogens is 238 g/mol. The van der Waals surface area contributed by atoms with Crippen LogP contribution in [0.5, 0.6) is 0 Å². The highest BCUT2D eigenvalue weighted by molar-refractivity contribution is 5.90. The van der Waals surface area contributed by atoms with E-state index in [-0.39, 0.29) is 11.7 Å². The van der Waals surface area contributed by atoms with Gasteiger partial charge in [0, 0.05) is 31.1 Å². The Hall–Kier alpha value is -1.62. The average Bonchev–Trinajstić information content (AvgIpc) is 2.78. The van der Waals surface area contributed by atoms with Crippen molar-refractivity contribution in [1.29, 1.82) is 0 Å². The van der Waals surface area contributed by atoms with Gasteiger partial charge in [0.25, 0.3) is 0 Å². The van der Waals surface area contributed by atoms with Crippen molar-refractivity contribution in [1.82, 2.24) is 5.32 Å². The van der Waals surface area contributed by atoms with E-state index in [0.717, 1.165) is 6.54 Å². The van der Waals surface area contributed by atoms with E-state index in [9.17, 15) is 8.78 Å². The highest BCUT2D eigenvalue weighted by Crippen LogP contribution is 2.33. The Morgan fingerprint density at radius 3 is 3.06 bits per heavy atom. The molecule has 1 fully saturated rings. The summed E-state index contributed by atoms with van der Waals surface area (Å²) in [5.74, 6) is -1.66. The number of hydrogen-bond donors (Lipinski definition) is 1. The van der Waals surface area contributed by atoms with Gasteiger partial charge < -0.3 is 14.6 Å². The Labute approximate surface area is 103 Å². The lowest BCUT2D eigenvalue weighted by Gasteiger charge is -2.33. The largest absolute Gasteiger partial charge is 0.462 e. The summed E-state index contributed by atoms with van der Waals surface area (Å²) in [6, 6.07) is 3.06. The first-order valence-electron chi connectivity index (χ1n) is 6.00.